The number of carbonyl (C=O) groups excluding carboxylic acids is 2. The van der Waals surface area contributed by atoms with E-state index in [0.717, 1.165) is 18.3 Å². The maximum absolute atomic E-state index is 12.3. The van der Waals surface area contributed by atoms with Crippen LogP contribution in [-0.4, -0.2) is 24.1 Å². The van der Waals surface area contributed by atoms with E-state index in [-0.39, 0.29) is 24.6 Å². The maximum Gasteiger partial charge on any atom is 0.333 e. The second kappa shape index (κ2) is 6.29. The van der Waals surface area contributed by atoms with Gasteiger partial charge in [0.05, 0.1) is 6.42 Å². The van der Waals surface area contributed by atoms with Crippen LogP contribution < -0.4 is 0 Å². The van der Waals surface area contributed by atoms with E-state index in [1.807, 2.05) is 0 Å². The number of hydrogen-bond donors (Lipinski definition) is 0. The Morgan fingerprint density at radius 1 is 1.09 bits per heavy atom. The van der Waals surface area contributed by atoms with Crippen LogP contribution in [0, 0.1) is 23.7 Å². The third-order valence-corrected chi connectivity index (χ3v) is 6.26. The number of carbonyl (C=O) groups is 2. The molecule has 0 unspecified atom stereocenters. The zero-order valence-electron chi connectivity index (χ0n) is 14.3. The summed E-state index contributed by atoms with van der Waals surface area (Å²) in [5.74, 6) is 2.10. The summed E-state index contributed by atoms with van der Waals surface area (Å²) in [5, 5.41) is 0. The molecular formula is C19H28O4. The van der Waals surface area contributed by atoms with Gasteiger partial charge in [0.15, 0.2) is 0 Å². The van der Waals surface area contributed by atoms with E-state index in [2.05, 4.69) is 13.5 Å². The van der Waals surface area contributed by atoms with E-state index in [1.165, 1.54) is 32.1 Å². The van der Waals surface area contributed by atoms with Gasteiger partial charge in [0.1, 0.15) is 12.2 Å². The van der Waals surface area contributed by atoms with Gasteiger partial charge < -0.3 is 9.47 Å². The maximum atomic E-state index is 12.3. The molecule has 0 radical (unpaired) electrons. The Bertz CT molecular complexity index is 479. The van der Waals surface area contributed by atoms with Gasteiger partial charge in [0.2, 0.25) is 0 Å². The van der Waals surface area contributed by atoms with Crippen LogP contribution in [0.2, 0.25) is 0 Å². The molecule has 0 aromatic carbocycles. The fraction of sp³-hybridized carbons (Fsp3) is 0.789. The highest BCUT2D eigenvalue weighted by Crippen LogP contribution is 2.60. The van der Waals surface area contributed by atoms with Crippen molar-refractivity contribution in [3.8, 4) is 0 Å². The molecule has 4 heteroatoms. The van der Waals surface area contributed by atoms with Crippen molar-refractivity contribution in [1.29, 1.82) is 0 Å². The van der Waals surface area contributed by atoms with Crippen LogP contribution in [0.3, 0.4) is 0 Å². The summed E-state index contributed by atoms with van der Waals surface area (Å²) in [6.07, 6.45) is 7.30. The molecule has 0 spiro atoms. The van der Waals surface area contributed by atoms with Gasteiger partial charge >= 0.3 is 11.9 Å². The van der Waals surface area contributed by atoms with E-state index in [0.29, 0.717) is 17.4 Å². The van der Waals surface area contributed by atoms with Crippen LogP contribution in [0.4, 0.5) is 0 Å². The third-order valence-electron chi connectivity index (χ3n) is 6.26. The van der Waals surface area contributed by atoms with Gasteiger partial charge in [-0.25, -0.2) is 4.79 Å². The van der Waals surface area contributed by atoms with Crippen LogP contribution in [0.15, 0.2) is 12.2 Å². The molecule has 4 bridgehead atoms. The second-order valence-electron chi connectivity index (χ2n) is 7.75. The Balaban J connectivity index is 1.58. The predicted molar refractivity (Wildman–Crippen MR) is 86.5 cm³/mol. The summed E-state index contributed by atoms with van der Waals surface area (Å²) in [6.45, 7) is 7.35. The number of ether oxygens (including phenoxy) is 2. The molecule has 0 amide bonds. The normalized spacial score (nSPS) is 37.5. The summed E-state index contributed by atoms with van der Waals surface area (Å²) in [7, 11) is 0. The molecule has 4 rings (SSSR count). The molecule has 0 aliphatic heterocycles. The third kappa shape index (κ3) is 3.05. The first-order valence-electron chi connectivity index (χ1n) is 8.99. The Morgan fingerprint density at radius 2 is 1.65 bits per heavy atom. The van der Waals surface area contributed by atoms with Gasteiger partial charge in [-0.05, 0) is 69.1 Å². The van der Waals surface area contributed by atoms with Crippen molar-refractivity contribution >= 4 is 11.9 Å². The first-order valence-corrected chi connectivity index (χ1v) is 8.99. The average molecular weight is 320 g/mol. The van der Waals surface area contributed by atoms with Crippen molar-refractivity contribution in [2.45, 2.75) is 64.4 Å². The summed E-state index contributed by atoms with van der Waals surface area (Å²) in [5.41, 5.74) is 0.0903. The molecule has 0 N–H and O–H groups in total. The van der Waals surface area contributed by atoms with E-state index in [4.69, 9.17) is 9.47 Å². The van der Waals surface area contributed by atoms with Gasteiger partial charge in [-0.2, -0.15) is 0 Å². The number of esters is 2. The molecular weight excluding hydrogens is 292 g/mol. The molecule has 4 saturated carbocycles. The van der Waals surface area contributed by atoms with Gasteiger partial charge in [-0.3, -0.25) is 4.79 Å². The molecule has 0 aromatic heterocycles. The molecule has 128 valence electrons. The highest BCUT2D eigenvalue weighted by molar-refractivity contribution is 5.87. The van der Waals surface area contributed by atoms with Crippen molar-refractivity contribution in [2.24, 2.45) is 23.7 Å². The van der Waals surface area contributed by atoms with Crippen LogP contribution >= 0.6 is 0 Å². The Morgan fingerprint density at radius 3 is 2.13 bits per heavy atom. The highest BCUT2D eigenvalue weighted by Gasteiger charge is 2.58. The lowest BCUT2D eigenvalue weighted by atomic mass is 9.49. The van der Waals surface area contributed by atoms with Crippen molar-refractivity contribution in [3.05, 3.63) is 12.2 Å². The zero-order chi connectivity index (χ0) is 16.6. The molecule has 0 atom stereocenters. The Hall–Kier alpha value is -1.32. The minimum absolute atomic E-state index is 0.0743. The van der Waals surface area contributed by atoms with Crippen LogP contribution in [0.25, 0.3) is 0 Å². The van der Waals surface area contributed by atoms with Crippen LogP contribution in [0.1, 0.15) is 58.8 Å². The van der Waals surface area contributed by atoms with Crippen LogP contribution in [-0.2, 0) is 19.1 Å². The fourth-order valence-corrected chi connectivity index (χ4v) is 5.41. The summed E-state index contributed by atoms with van der Waals surface area (Å²) < 4.78 is 11.1. The average Bonchev–Trinajstić information content (AvgIpc) is 2.50. The second-order valence-corrected chi connectivity index (χ2v) is 7.75. The lowest BCUT2D eigenvalue weighted by Crippen LogP contribution is -2.59. The Kier molecular flexibility index (Phi) is 4.52. The quantitative estimate of drug-likeness (QED) is 0.554. The first kappa shape index (κ1) is 16.5. The van der Waals surface area contributed by atoms with E-state index in [9.17, 15) is 9.59 Å². The predicted octanol–water partition coefficient (Wildman–Crippen LogP) is 3.64. The van der Waals surface area contributed by atoms with E-state index in [1.54, 1.807) is 6.92 Å². The monoisotopic (exact) mass is 320 g/mol. The van der Waals surface area contributed by atoms with Gasteiger partial charge in [0, 0.05) is 5.57 Å². The van der Waals surface area contributed by atoms with E-state index >= 15 is 0 Å². The first-order chi connectivity index (χ1) is 10.9. The van der Waals surface area contributed by atoms with Crippen molar-refractivity contribution in [1.82, 2.24) is 0 Å². The lowest BCUT2D eigenvalue weighted by molar-refractivity contribution is -0.211. The zero-order valence-corrected chi connectivity index (χ0v) is 14.3. The lowest BCUT2D eigenvalue weighted by Gasteiger charge is -2.60. The molecule has 0 heterocycles. The van der Waals surface area contributed by atoms with Crippen molar-refractivity contribution in [3.63, 3.8) is 0 Å². The standard InChI is InChI=1S/C19H28O4/c1-4-19(23-17(20)5-6-22-18(21)12(2)3)15-8-13-7-14(10-15)11-16(19)9-13/h13-16H,2,4-11H2,1,3H3. The fourth-order valence-electron chi connectivity index (χ4n) is 5.41. The smallest absolute Gasteiger partial charge is 0.333 e. The minimum atomic E-state index is -0.447. The SMILES string of the molecule is C=C(C)C(=O)OCCC(=O)OC1(CC)C2CC3CC(C2)CC1C3. The molecule has 4 aliphatic rings. The van der Waals surface area contributed by atoms with Gasteiger partial charge in [-0.15, -0.1) is 0 Å². The largest absolute Gasteiger partial charge is 0.462 e. The molecule has 0 saturated heterocycles. The van der Waals surface area contributed by atoms with E-state index < -0.39 is 5.97 Å². The van der Waals surface area contributed by atoms with Crippen LogP contribution in [0.5, 0.6) is 0 Å². The van der Waals surface area contributed by atoms with Gasteiger partial charge in [0.25, 0.3) is 0 Å². The summed E-state index contributed by atoms with van der Waals surface area (Å²) in [4.78, 5) is 23.7. The van der Waals surface area contributed by atoms with Crippen molar-refractivity contribution < 1.29 is 19.1 Å². The minimum Gasteiger partial charge on any atom is -0.462 e. The molecule has 23 heavy (non-hydrogen) atoms. The molecule has 4 nitrogen and oxygen atoms in total. The van der Waals surface area contributed by atoms with Crippen molar-refractivity contribution in [2.75, 3.05) is 6.61 Å². The molecule has 0 aromatic rings. The Labute approximate surface area is 138 Å². The molecule has 4 aliphatic carbocycles. The summed E-state index contributed by atoms with van der Waals surface area (Å²) >= 11 is 0. The number of rotatable bonds is 6. The summed E-state index contributed by atoms with van der Waals surface area (Å²) in [6, 6.07) is 0. The van der Waals surface area contributed by atoms with Gasteiger partial charge in [-0.1, -0.05) is 13.5 Å². The number of hydrogen-bond acceptors (Lipinski definition) is 4. The highest BCUT2D eigenvalue weighted by atomic mass is 16.6. The topological polar surface area (TPSA) is 52.6 Å². The molecule has 4 fully saturated rings.